The Morgan fingerprint density at radius 1 is 1.21 bits per heavy atom. The van der Waals surface area contributed by atoms with E-state index in [1.165, 1.54) is 25.7 Å². The Bertz CT molecular complexity index is 249. The molecule has 0 spiro atoms. The number of aliphatic hydroxyl groups excluding tert-OH is 1. The van der Waals surface area contributed by atoms with Crippen LogP contribution in [0.1, 0.15) is 58.8 Å². The second-order valence-electron chi connectivity index (χ2n) is 6.00. The van der Waals surface area contributed by atoms with E-state index in [4.69, 9.17) is 5.11 Å². The van der Waals surface area contributed by atoms with E-state index in [1.807, 2.05) is 0 Å². The molecule has 1 saturated carbocycles. The molecule has 0 aromatic carbocycles. The zero-order chi connectivity index (χ0) is 14.1. The zero-order valence-corrected chi connectivity index (χ0v) is 12.5. The summed E-state index contributed by atoms with van der Waals surface area (Å²) >= 11 is 0. The van der Waals surface area contributed by atoms with E-state index < -0.39 is 0 Å². The van der Waals surface area contributed by atoms with Gasteiger partial charge in [0.25, 0.3) is 0 Å². The van der Waals surface area contributed by atoms with E-state index in [0.29, 0.717) is 24.9 Å². The number of hydrogen-bond acceptors (Lipinski definition) is 3. The summed E-state index contributed by atoms with van der Waals surface area (Å²) in [5, 5.41) is 15.4. The number of aliphatic hydroxyl groups is 1. The Morgan fingerprint density at radius 2 is 1.84 bits per heavy atom. The third-order valence-corrected chi connectivity index (χ3v) is 3.99. The first kappa shape index (κ1) is 16.4. The van der Waals surface area contributed by atoms with Gasteiger partial charge in [-0.15, -0.1) is 0 Å². The van der Waals surface area contributed by atoms with Crippen LogP contribution in [-0.4, -0.2) is 36.2 Å². The maximum absolute atomic E-state index is 11.9. The summed E-state index contributed by atoms with van der Waals surface area (Å²) in [6.07, 6.45) is 8.02. The molecule has 0 saturated heterocycles. The summed E-state index contributed by atoms with van der Waals surface area (Å²) in [6, 6.07) is 0.581. The summed E-state index contributed by atoms with van der Waals surface area (Å²) in [7, 11) is 0. The maximum Gasteiger partial charge on any atom is 0.234 e. The van der Waals surface area contributed by atoms with E-state index in [9.17, 15) is 4.79 Å². The third-order valence-electron chi connectivity index (χ3n) is 3.99. The SMILES string of the molecule is CC(C)C(CCO)NCC(=O)NC1CCCCCC1. The van der Waals surface area contributed by atoms with Crippen molar-refractivity contribution in [1.29, 1.82) is 0 Å². The van der Waals surface area contributed by atoms with Gasteiger partial charge in [0.2, 0.25) is 5.91 Å². The third kappa shape index (κ3) is 6.92. The zero-order valence-electron chi connectivity index (χ0n) is 12.5. The highest BCUT2D eigenvalue weighted by atomic mass is 16.3. The Morgan fingerprint density at radius 3 is 2.37 bits per heavy atom. The van der Waals surface area contributed by atoms with E-state index in [0.717, 1.165) is 12.8 Å². The van der Waals surface area contributed by atoms with Crippen LogP contribution >= 0.6 is 0 Å². The van der Waals surface area contributed by atoms with Gasteiger partial charge >= 0.3 is 0 Å². The molecule has 0 aliphatic heterocycles. The van der Waals surface area contributed by atoms with Gasteiger partial charge in [-0.1, -0.05) is 39.5 Å². The van der Waals surface area contributed by atoms with Crippen LogP contribution in [0.5, 0.6) is 0 Å². The van der Waals surface area contributed by atoms with Gasteiger partial charge in [-0.2, -0.15) is 0 Å². The van der Waals surface area contributed by atoms with Crippen molar-refractivity contribution in [3.8, 4) is 0 Å². The van der Waals surface area contributed by atoms with Crippen molar-refractivity contribution in [2.45, 2.75) is 70.9 Å². The van der Waals surface area contributed by atoms with Gasteiger partial charge in [-0.25, -0.2) is 0 Å². The molecular weight excluding hydrogens is 240 g/mol. The number of carbonyl (C=O) groups is 1. The van der Waals surface area contributed by atoms with Crippen molar-refractivity contribution in [2.24, 2.45) is 5.92 Å². The molecule has 0 aromatic rings. The quantitative estimate of drug-likeness (QED) is 0.618. The monoisotopic (exact) mass is 270 g/mol. The molecule has 1 unspecified atom stereocenters. The molecule has 4 nitrogen and oxygen atoms in total. The van der Waals surface area contributed by atoms with Crippen LogP contribution in [0.3, 0.4) is 0 Å². The minimum absolute atomic E-state index is 0.0930. The molecule has 0 radical (unpaired) electrons. The number of nitrogens with one attached hydrogen (secondary N) is 2. The lowest BCUT2D eigenvalue weighted by Gasteiger charge is -2.22. The van der Waals surface area contributed by atoms with Gasteiger partial charge in [0.1, 0.15) is 0 Å². The fraction of sp³-hybridized carbons (Fsp3) is 0.933. The smallest absolute Gasteiger partial charge is 0.234 e. The number of hydrogen-bond donors (Lipinski definition) is 3. The highest BCUT2D eigenvalue weighted by molar-refractivity contribution is 5.78. The molecule has 1 rings (SSSR count). The topological polar surface area (TPSA) is 61.4 Å². The molecule has 112 valence electrons. The van der Waals surface area contributed by atoms with Crippen molar-refractivity contribution in [3.05, 3.63) is 0 Å². The fourth-order valence-corrected chi connectivity index (χ4v) is 2.74. The Labute approximate surface area is 117 Å². The summed E-state index contributed by atoms with van der Waals surface area (Å²) < 4.78 is 0. The van der Waals surface area contributed by atoms with Gasteiger partial charge in [0, 0.05) is 18.7 Å². The predicted octanol–water partition coefficient (Wildman–Crippen LogP) is 1.82. The second-order valence-corrected chi connectivity index (χ2v) is 6.00. The van der Waals surface area contributed by atoms with E-state index >= 15 is 0 Å². The van der Waals surface area contributed by atoms with Crippen LogP contribution < -0.4 is 10.6 Å². The van der Waals surface area contributed by atoms with Gasteiger partial charge < -0.3 is 15.7 Å². The molecule has 0 heterocycles. The fourth-order valence-electron chi connectivity index (χ4n) is 2.74. The van der Waals surface area contributed by atoms with Gasteiger partial charge in [0.15, 0.2) is 0 Å². The van der Waals surface area contributed by atoms with Gasteiger partial charge in [-0.05, 0) is 25.2 Å². The van der Waals surface area contributed by atoms with Crippen LogP contribution in [0, 0.1) is 5.92 Å². The molecule has 4 heteroatoms. The van der Waals surface area contributed by atoms with Crippen LogP contribution in [0.25, 0.3) is 0 Å². The predicted molar refractivity (Wildman–Crippen MR) is 78.0 cm³/mol. The van der Waals surface area contributed by atoms with Gasteiger partial charge in [-0.3, -0.25) is 4.79 Å². The highest BCUT2D eigenvalue weighted by Gasteiger charge is 2.17. The summed E-state index contributed by atoms with van der Waals surface area (Å²) in [5.74, 6) is 0.522. The first-order chi connectivity index (χ1) is 9.13. The molecule has 0 aromatic heterocycles. The number of rotatable bonds is 7. The largest absolute Gasteiger partial charge is 0.396 e. The molecule has 1 amide bonds. The van der Waals surface area contributed by atoms with Crippen LogP contribution in [-0.2, 0) is 4.79 Å². The first-order valence-corrected chi connectivity index (χ1v) is 7.77. The van der Waals surface area contributed by atoms with Crippen molar-refractivity contribution < 1.29 is 9.90 Å². The van der Waals surface area contributed by atoms with Crippen LogP contribution in [0.15, 0.2) is 0 Å². The number of amides is 1. The molecule has 1 fully saturated rings. The van der Waals surface area contributed by atoms with Crippen LogP contribution in [0.4, 0.5) is 0 Å². The average molecular weight is 270 g/mol. The molecule has 3 N–H and O–H groups in total. The molecule has 1 aliphatic carbocycles. The summed E-state index contributed by atoms with van der Waals surface area (Å²) in [4.78, 5) is 11.9. The highest BCUT2D eigenvalue weighted by Crippen LogP contribution is 2.17. The van der Waals surface area contributed by atoms with E-state index in [1.54, 1.807) is 0 Å². The lowest BCUT2D eigenvalue weighted by atomic mass is 10.0. The van der Waals surface area contributed by atoms with Crippen molar-refractivity contribution in [1.82, 2.24) is 10.6 Å². The van der Waals surface area contributed by atoms with Gasteiger partial charge in [0.05, 0.1) is 6.54 Å². The van der Waals surface area contributed by atoms with Crippen molar-refractivity contribution in [2.75, 3.05) is 13.2 Å². The summed E-state index contributed by atoms with van der Waals surface area (Å²) in [5.41, 5.74) is 0. The van der Waals surface area contributed by atoms with E-state index in [2.05, 4.69) is 24.5 Å². The Kier molecular flexibility index (Phi) is 8.07. The summed E-state index contributed by atoms with van der Waals surface area (Å²) in [6.45, 7) is 4.74. The van der Waals surface area contributed by atoms with Crippen LogP contribution in [0.2, 0.25) is 0 Å². The first-order valence-electron chi connectivity index (χ1n) is 7.77. The average Bonchev–Trinajstić information content (AvgIpc) is 2.62. The maximum atomic E-state index is 11.9. The van der Waals surface area contributed by atoms with E-state index in [-0.39, 0.29) is 18.6 Å². The molecule has 0 bridgehead atoms. The normalized spacial score (nSPS) is 19.2. The number of carbonyl (C=O) groups excluding carboxylic acids is 1. The minimum Gasteiger partial charge on any atom is -0.396 e. The lowest BCUT2D eigenvalue weighted by Crippen LogP contribution is -2.44. The molecule has 1 atom stereocenters. The second kappa shape index (κ2) is 9.32. The van der Waals surface area contributed by atoms with Crippen molar-refractivity contribution >= 4 is 5.91 Å². The molecular formula is C15H30N2O2. The Balaban J connectivity index is 2.25. The molecule has 19 heavy (non-hydrogen) atoms. The Hall–Kier alpha value is -0.610. The molecule has 1 aliphatic rings. The standard InChI is InChI=1S/C15H30N2O2/c1-12(2)14(9-10-18)16-11-15(19)17-13-7-5-3-4-6-8-13/h12-14,16,18H,3-11H2,1-2H3,(H,17,19). The lowest BCUT2D eigenvalue weighted by molar-refractivity contribution is -0.121. The minimum atomic E-state index is 0.0930. The van der Waals surface area contributed by atoms with Crippen molar-refractivity contribution in [3.63, 3.8) is 0 Å².